The molecule has 0 unspecified atom stereocenters. The molecule has 1 heterocycles. The Morgan fingerprint density at radius 3 is 2.59 bits per heavy atom. The van der Waals surface area contributed by atoms with Gasteiger partial charge in [0.25, 0.3) is 0 Å². The fourth-order valence-corrected chi connectivity index (χ4v) is 3.61. The Labute approximate surface area is 131 Å². The average molecular weight is 286 g/mol. The van der Waals surface area contributed by atoms with Gasteiger partial charge >= 0.3 is 0 Å². The van der Waals surface area contributed by atoms with Gasteiger partial charge in [-0.05, 0) is 53.6 Å². The van der Waals surface area contributed by atoms with E-state index in [0.717, 1.165) is 6.42 Å². The lowest BCUT2D eigenvalue weighted by Crippen LogP contribution is -2.31. The van der Waals surface area contributed by atoms with Gasteiger partial charge in [0.15, 0.2) is 6.20 Å². The molecule has 4 rings (SSSR count). The topological polar surface area (TPSA) is 3.88 Å². The Morgan fingerprint density at radius 1 is 0.909 bits per heavy atom. The van der Waals surface area contributed by atoms with Gasteiger partial charge in [0.05, 0.1) is 5.56 Å². The summed E-state index contributed by atoms with van der Waals surface area (Å²) in [6, 6.07) is 17.8. The van der Waals surface area contributed by atoms with E-state index in [0.29, 0.717) is 0 Å². The molecule has 0 N–H and O–H groups in total. The minimum atomic E-state index is 1.04. The summed E-state index contributed by atoms with van der Waals surface area (Å²) in [5.41, 5.74) is 11.1. The number of nitrogens with zero attached hydrogens (tertiary/aromatic N) is 1. The zero-order chi connectivity index (χ0) is 15.3. The maximum atomic E-state index is 2.30. The van der Waals surface area contributed by atoms with Crippen molar-refractivity contribution in [3.8, 4) is 22.4 Å². The third kappa shape index (κ3) is 1.89. The normalized spacial score (nSPS) is 12.1. The molecule has 3 aromatic rings. The maximum Gasteiger partial charge on any atom is 0.213 e. The van der Waals surface area contributed by atoms with Gasteiger partial charge in [-0.25, -0.2) is 4.57 Å². The Balaban J connectivity index is 2.01. The highest BCUT2D eigenvalue weighted by Crippen LogP contribution is 2.42. The molecule has 108 valence electrons. The first kappa shape index (κ1) is 13.3. The second-order valence-electron chi connectivity index (χ2n) is 6.32. The first-order valence-electron chi connectivity index (χ1n) is 7.82. The predicted octanol–water partition coefficient (Wildman–Crippen LogP) is 4.37. The van der Waals surface area contributed by atoms with E-state index < -0.39 is 0 Å². The number of benzene rings is 2. The number of hydrogen-bond acceptors (Lipinski definition) is 0. The van der Waals surface area contributed by atoms with Crippen LogP contribution in [0.25, 0.3) is 22.4 Å². The van der Waals surface area contributed by atoms with Crippen molar-refractivity contribution >= 4 is 0 Å². The summed E-state index contributed by atoms with van der Waals surface area (Å²) < 4.78 is 2.23. The third-order valence-electron chi connectivity index (χ3n) is 4.76. The summed E-state index contributed by atoms with van der Waals surface area (Å²) in [5, 5.41) is 0. The van der Waals surface area contributed by atoms with Crippen LogP contribution in [0.1, 0.15) is 22.3 Å². The molecule has 0 atom stereocenters. The molecule has 1 nitrogen and oxygen atoms in total. The van der Waals surface area contributed by atoms with Gasteiger partial charge < -0.3 is 0 Å². The minimum Gasteiger partial charge on any atom is -0.201 e. The van der Waals surface area contributed by atoms with E-state index in [1.54, 1.807) is 0 Å². The molecule has 2 aromatic carbocycles. The molecule has 0 fully saturated rings. The van der Waals surface area contributed by atoms with Gasteiger partial charge in [-0.2, -0.15) is 0 Å². The van der Waals surface area contributed by atoms with Crippen molar-refractivity contribution in [2.45, 2.75) is 20.3 Å². The summed E-state index contributed by atoms with van der Waals surface area (Å²) in [5.74, 6) is 0. The average Bonchev–Trinajstić information content (AvgIpc) is 2.88. The van der Waals surface area contributed by atoms with E-state index in [2.05, 4.69) is 80.2 Å². The van der Waals surface area contributed by atoms with Crippen molar-refractivity contribution in [2.75, 3.05) is 0 Å². The van der Waals surface area contributed by atoms with Crippen LogP contribution in [0, 0.1) is 13.8 Å². The zero-order valence-corrected chi connectivity index (χ0v) is 13.4. The van der Waals surface area contributed by atoms with Crippen molar-refractivity contribution in [3.63, 3.8) is 0 Å². The monoisotopic (exact) mass is 286 g/mol. The Kier molecular flexibility index (Phi) is 2.90. The van der Waals surface area contributed by atoms with E-state index in [-0.39, 0.29) is 0 Å². The second kappa shape index (κ2) is 4.81. The quantitative estimate of drug-likeness (QED) is 0.458. The van der Waals surface area contributed by atoms with Crippen LogP contribution >= 0.6 is 0 Å². The van der Waals surface area contributed by atoms with Crippen LogP contribution < -0.4 is 4.57 Å². The second-order valence-corrected chi connectivity index (χ2v) is 6.32. The van der Waals surface area contributed by atoms with Crippen LogP contribution in [0.5, 0.6) is 0 Å². The maximum absolute atomic E-state index is 2.30. The summed E-state index contributed by atoms with van der Waals surface area (Å²) in [7, 11) is 2.13. The zero-order valence-electron chi connectivity index (χ0n) is 13.4. The van der Waals surface area contributed by atoms with Crippen LogP contribution in [-0.4, -0.2) is 0 Å². The van der Waals surface area contributed by atoms with Crippen molar-refractivity contribution in [2.24, 2.45) is 7.05 Å². The molecule has 0 saturated carbocycles. The fourth-order valence-electron chi connectivity index (χ4n) is 3.61. The first-order valence-corrected chi connectivity index (χ1v) is 7.82. The lowest BCUT2D eigenvalue weighted by Gasteiger charge is -2.11. The first-order chi connectivity index (χ1) is 10.6. The van der Waals surface area contributed by atoms with Gasteiger partial charge in [0.2, 0.25) is 5.69 Å². The number of aromatic nitrogens is 1. The molecule has 0 radical (unpaired) electrons. The highest BCUT2D eigenvalue weighted by Gasteiger charge is 2.25. The van der Waals surface area contributed by atoms with Crippen LogP contribution in [0.2, 0.25) is 0 Å². The molecule has 1 aliphatic carbocycles. The Morgan fingerprint density at radius 2 is 1.73 bits per heavy atom. The van der Waals surface area contributed by atoms with Gasteiger partial charge in [0.1, 0.15) is 7.05 Å². The largest absolute Gasteiger partial charge is 0.213 e. The lowest BCUT2D eigenvalue weighted by molar-refractivity contribution is -0.660. The van der Waals surface area contributed by atoms with Crippen molar-refractivity contribution in [1.82, 2.24) is 0 Å². The molecule has 1 aliphatic rings. The minimum absolute atomic E-state index is 1.04. The van der Waals surface area contributed by atoms with Crippen molar-refractivity contribution in [1.29, 1.82) is 0 Å². The van der Waals surface area contributed by atoms with Gasteiger partial charge in [-0.3, -0.25) is 0 Å². The highest BCUT2D eigenvalue weighted by atomic mass is 14.9. The molecular weight excluding hydrogens is 266 g/mol. The fraction of sp³-hybridized carbons (Fsp3) is 0.190. The van der Waals surface area contributed by atoms with Gasteiger partial charge in [-0.15, -0.1) is 0 Å². The smallest absolute Gasteiger partial charge is 0.201 e. The van der Waals surface area contributed by atoms with Crippen LogP contribution in [0.3, 0.4) is 0 Å². The SMILES string of the molecule is Cc1cc[n+](C)c(-c2c(C)ccc3c2Cc2ccccc2-3)c1. The molecule has 0 bridgehead atoms. The number of pyridine rings is 1. The van der Waals surface area contributed by atoms with Crippen molar-refractivity contribution < 1.29 is 4.57 Å². The van der Waals surface area contributed by atoms with E-state index in [1.807, 2.05) is 0 Å². The van der Waals surface area contributed by atoms with E-state index in [9.17, 15) is 0 Å². The molecule has 0 aliphatic heterocycles. The third-order valence-corrected chi connectivity index (χ3v) is 4.76. The molecule has 1 aromatic heterocycles. The standard InChI is InChI=1S/C21H20N/c1-14-10-11-22(3)20(12-14)21-15(2)8-9-18-17-7-5-4-6-16(17)13-19(18)21/h4-12H,13H2,1-3H3/q+1. The van der Waals surface area contributed by atoms with Crippen LogP contribution in [-0.2, 0) is 13.5 Å². The molecular formula is C21H20N+. The molecule has 1 heteroatoms. The molecule has 0 amide bonds. The van der Waals surface area contributed by atoms with E-state index >= 15 is 0 Å². The lowest BCUT2D eigenvalue weighted by atomic mass is 9.93. The Bertz CT molecular complexity index is 890. The van der Waals surface area contributed by atoms with Crippen molar-refractivity contribution in [3.05, 3.63) is 77.0 Å². The number of hydrogen-bond donors (Lipinski definition) is 0. The van der Waals surface area contributed by atoms with Gasteiger partial charge in [0, 0.05) is 12.1 Å². The highest BCUT2D eigenvalue weighted by molar-refractivity contribution is 5.84. The van der Waals surface area contributed by atoms with E-state index in [1.165, 1.54) is 44.6 Å². The summed E-state index contributed by atoms with van der Waals surface area (Å²) in [4.78, 5) is 0. The number of rotatable bonds is 1. The van der Waals surface area contributed by atoms with Crippen LogP contribution in [0.4, 0.5) is 0 Å². The predicted molar refractivity (Wildman–Crippen MR) is 90.8 cm³/mol. The van der Waals surface area contributed by atoms with E-state index in [4.69, 9.17) is 0 Å². The number of aryl methyl sites for hydroxylation is 3. The number of fused-ring (bicyclic) bond motifs is 3. The van der Waals surface area contributed by atoms with Crippen LogP contribution in [0.15, 0.2) is 54.7 Å². The van der Waals surface area contributed by atoms with Gasteiger partial charge in [-0.1, -0.05) is 36.4 Å². The summed E-state index contributed by atoms with van der Waals surface area (Å²) in [6.07, 6.45) is 3.20. The summed E-state index contributed by atoms with van der Waals surface area (Å²) >= 11 is 0. The molecule has 0 spiro atoms. The molecule has 22 heavy (non-hydrogen) atoms. The molecule has 0 saturated heterocycles. The Hall–Kier alpha value is -2.41. The summed E-state index contributed by atoms with van der Waals surface area (Å²) in [6.45, 7) is 4.39.